The Kier molecular flexibility index (Phi) is 3.17. The molecular weight excluding hydrogens is 233 g/mol. The van der Waals surface area contributed by atoms with Gasteiger partial charge in [-0.15, -0.1) is 0 Å². The van der Waals surface area contributed by atoms with Crippen LogP contribution >= 0.6 is 0 Å². The smallest absolute Gasteiger partial charge is 0.258 e. The maximum atomic E-state index is 13.2. The van der Waals surface area contributed by atoms with E-state index in [1.165, 1.54) is 12.1 Å². The molecule has 0 fully saturated rings. The summed E-state index contributed by atoms with van der Waals surface area (Å²) >= 11 is 0. The fourth-order valence-corrected chi connectivity index (χ4v) is 1.55. The first-order chi connectivity index (χ1) is 8.44. The molecule has 2 aromatic rings. The van der Waals surface area contributed by atoms with Crippen molar-refractivity contribution in [1.82, 2.24) is 10.1 Å². The fourth-order valence-electron chi connectivity index (χ4n) is 1.55. The third-order valence-electron chi connectivity index (χ3n) is 3.10. The minimum atomic E-state index is -0.636. The zero-order valence-electron chi connectivity index (χ0n) is 10.7. The Labute approximate surface area is 105 Å². The summed E-state index contributed by atoms with van der Waals surface area (Å²) in [5, 5.41) is 3.87. The lowest BCUT2D eigenvalue weighted by Gasteiger charge is -2.16. The molecule has 1 aromatic heterocycles. The van der Waals surface area contributed by atoms with Crippen LogP contribution in [0.2, 0.25) is 0 Å². The molecule has 5 heteroatoms. The molecule has 1 aromatic carbocycles. The van der Waals surface area contributed by atoms with Gasteiger partial charge in [0.25, 0.3) is 5.89 Å². The third-order valence-corrected chi connectivity index (χ3v) is 3.10. The van der Waals surface area contributed by atoms with Crippen LogP contribution in [0.4, 0.5) is 4.39 Å². The molecular formula is C13H16FN3O. The van der Waals surface area contributed by atoms with Gasteiger partial charge in [0.15, 0.2) is 5.82 Å². The number of nitrogens with two attached hydrogens (primary N) is 1. The SMILES string of the molecule is CCC(C)(N)c1noc(-c2cc(F)ccc2C)n1. The van der Waals surface area contributed by atoms with E-state index in [0.717, 1.165) is 5.56 Å². The molecule has 0 bridgehead atoms. The largest absolute Gasteiger partial charge is 0.334 e. The Hall–Kier alpha value is -1.75. The van der Waals surface area contributed by atoms with E-state index in [9.17, 15) is 4.39 Å². The fraction of sp³-hybridized carbons (Fsp3) is 0.385. The molecule has 1 atom stereocenters. The third kappa shape index (κ3) is 2.26. The minimum absolute atomic E-state index is 0.298. The van der Waals surface area contributed by atoms with Gasteiger partial charge in [0, 0.05) is 5.56 Å². The second-order valence-electron chi connectivity index (χ2n) is 4.65. The number of hydrogen-bond acceptors (Lipinski definition) is 4. The maximum absolute atomic E-state index is 13.2. The highest BCUT2D eigenvalue weighted by Gasteiger charge is 2.26. The molecule has 96 valence electrons. The first-order valence-corrected chi connectivity index (χ1v) is 5.83. The second-order valence-corrected chi connectivity index (χ2v) is 4.65. The van der Waals surface area contributed by atoms with Crippen molar-refractivity contribution in [2.45, 2.75) is 32.7 Å². The highest BCUT2D eigenvalue weighted by Crippen LogP contribution is 2.25. The average Bonchev–Trinajstić information content (AvgIpc) is 2.82. The molecule has 0 aliphatic rings. The normalized spacial score (nSPS) is 14.5. The van der Waals surface area contributed by atoms with Crippen molar-refractivity contribution in [1.29, 1.82) is 0 Å². The molecule has 4 nitrogen and oxygen atoms in total. The number of aryl methyl sites for hydroxylation is 1. The molecule has 2 rings (SSSR count). The number of benzene rings is 1. The second kappa shape index (κ2) is 4.49. The summed E-state index contributed by atoms with van der Waals surface area (Å²) in [6, 6.07) is 4.46. The van der Waals surface area contributed by atoms with Gasteiger partial charge in [-0.3, -0.25) is 0 Å². The summed E-state index contributed by atoms with van der Waals surface area (Å²) in [6.45, 7) is 5.64. The van der Waals surface area contributed by atoms with Gasteiger partial charge in [0.1, 0.15) is 5.82 Å². The lowest BCUT2D eigenvalue weighted by atomic mass is 10.00. The molecule has 2 N–H and O–H groups in total. The van der Waals surface area contributed by atoms with Crippen molar-refractivity contribution < 1.29 is 8.91 Å². The van der Waals surface area contributed by atoms with E-state index in [4.69, 9.17) is 10.3 Å². The highest BCUT2D eigenvalue weighted by atomic mass is 19.1. The van der Waals surface area contributed by atoms with Gasteiger partial charge in [-0.1, -0.05) is 18.1 Å². The number of aromatic nitrogens is 2. The van der Waals surface area contributed by atoms with E-state index >= 15 is 0 Å². The summed E-state index contributed by atoms with van der Waals surface area (Å²) in [6.07, 6.45) is 0.689. The van der Waals surface area contributed by atoms with Crippen LogP contribution < -0.4 is 5.73 Å². The van der Waals surface area contributed by atoms with Crippen LogP contribution in [0.25, 0.3) is 11.5 Å². The van der Waals surface area contributed by atoms with Crippen molar-refractivity contribution in [3.63, 3.8) is 0 Å². The number of hydrogen-bond donors (Lipinski definition) is 1. The van der Waals surface area contributed by atoms with Crippen LogP contribution in [0.15, 0.2) is 22.7 Å². The van der Waals surface area contributed by atoms with Crippen LogP contribution in [-0.2, 0) is 5.54 Å². The number of rotatable bonds is 3. The molecule has 1 unspecified atom stereocenters. The summed E-state index contributed by atoms with van der Waals surface area (Å²) in [5.74, 6) is 0.400. The van der Waals surface area contributed by atoms with E-state index in [-0.39, 0.29) is 5.82 Å². The predicted molar refractivity (Wildman–Crippen MR) is 66.3 cm³/mol. The van der Waals surface area contributed by atoms with E-state index in [0.29, 0.717) is 23.7 Å². The van der Waals surface area contributed by atoms with Gasteiger partial charge < -0.3 is 10.3 Å². The Morgan fingerprint density at radius 3 is 2.83 bits per heavy atom. The summed E-state index contributed by atoms with van der Waals surface area (Å²) in [5.41, 5.74) is 6.88. The predicted octanol–water partition coefficient (Wildman–Crippen LogP) is 2.77. The van der Waals surface area contributed by atoms with Gasteiger partial charge in [-0.05, 0) is 38.0 Å². The zero-order valence-corrected chi connectivity index (χ0v) is 10.7. The van der Waals surface area contributed by atoms with E-state index in [2.05, 4.69) is 10.1 Å². The van der Waals surface area contributed by atoms with Gasteiger partial charge in [-0.2, -0.15) is 4.98 Å². The Bertz CT molecular complexity index is 563. The Morgan fingerprint density at radius 1 is 1.44 bits per heavy atom. The molecule has 0 aliphatic carbocycles. The molecule has 0 aliphatic heterocycles. The molecule has 0 saturated heterocycles. The summed E-state index contributed by atoms with van der Waals surface area (Å²) in [4.78, 5) is 4.26. The Balaban J connectivity index is 2.44. The zero-order chi connectivity index (χ0) is 13.3. The number of halogens is 1. The topological polar surface area (TPSA) is 64.9 Å². The first kappa shape index (κ1) is 12.7. The van der Waals surface area contributed by atoms with Gasteiger partial charge in [-0.25, -0.2) is 4.39 Å². The van der Waals surface area contributed by atoms with E-state index in [1.807, 2.05) is 20.8 Å². The quantitative estimate of drug-likeness (QED) is 0.908. The summed E-state index contributed by atoms with van der Waals surface area (Å²) in [7, 11) is 0. The van der Waals surface area contributed by atoms with Crippen LogP contribution in [-0.4, -0.2) is 10.1 Å². The van der Waals surface area contributed by atoms with Crippen molar-refractivity contribution >= 4 is 0 Å². The highest BCUT2D eigenvalue weighted by molar-refractivity contribution is 5.58. The molecule has 0 saturated carbocycles. The van der Waals surface area contributed by atoms with Crippen molar-refractivity contribution in [2.24, 2.45) is 5.73 Å². The van der Waals surface area contributed by atoms with E-state index < -0.39 is 5.54 Å². The first-order valence-electron chi connectivity index (χ1n) is 5.83. The standard InChI is InChI=1S/C13H16FN3O/c1-4-13(3,15)12-16-11(18-17-12)10-7-9(14)6-5-8(10)2/h5-7H,4,15H2,1-3H3. The summed E-state index contributed by atoms with van der Waals surface area (Å²) < 4.78 is 18.4. The molecule has 0 radical (unpaired) electrons. The van der Waals surface area contributed by atoms with E-state index in [1.54, 1.807) is 6.07 Å². The molecule has 0 amide bonds. The molecule has 0 spiro atoms. The van der Waals surface area contributed by atoms with Crippen molar-refractivity contribution in [3.05, 3.63) is 35.4 Å². The number of nitrogens with zero attached hydrogens (tertiary/aromatic N) is 2. The Morgan fingerprint density at radius 2 is 2.17 bits per heavy atom. The maximum Gasteiger partial charge on any atom is 0.258 e. The molecule has 18 heavy (non-hydrogen) atoms. The van der Waals surface area contributed by atoms with Crippen LogP contribution in [0.1, 0.15) is 31.7 Å². The van der Waals surface area contributed by atoms with Crippen molar-refractivity contribution in [3.8, 4) is 11.5 Å². The van der Waals surface area contributed by atoms with Gasteiger partial charge in [0.2, 0.25) is 0 Å². The molecule has 1 heterocycles. The van der Waals surface area contributed by atoms with Gasteiger partial charge in [0.05, 0.1) is 5.54 Å². The average molecular weight is 249 g/mol. The minimum Gasteiger partial charge on any atom is -0.334 e. The van der Waals surface area contributed by atoms with Crippen molar-refractivity contribution in [2.75, 3.05) is 0 Å². The van der Waals surface area contributed by atoms with Crippen LogP contribution in [0, 0.1) is 12.7 Å². The monoisotopic (exact) mass is 249 g/mol. The lowest BCUT2D eigenvalue weighted by Crippen LogP contribution is -2.33. The van der Waals surface area contributed by atoms with Gasteiger partial charge >= 0.3 is 0 Å². The van der Waals surface area contributed by atoms with Crippen LogP contribution in [0.3, 0.4) is 0 Å². The van der Waals surface area contributed by atoms with Crippen LogP contribution in [0.5, 0.6) is 0 Å². The lowest BCUT2D eigenvalue weighted by molar-refractivity contribution is 0.378.